The Labute approximate surface area is 171 Å². The Bertz CT molecular complexity index is 1030. The van der Waals surface area contributed by atoms with Gasteiger partial charge >= 0.3 is 6.09 Å². The van der Waals surface area contributed by atoms with E-state index in [-0.39, 0.29) is 11.7 Å². The van der Waals surface area contributed by atoms with Crippen LogP contribution in [0.5, 0.6) is 0 Å². The predicted molar refractivity (Wildman–Crippen MR) is 113 cm³/mol. The molecule has 29 heavy (non-hydrogen) atoms. The zero-order chi connectivity index (χ0) is 20.6. The van der Waals surface area contributed by atoms with E-state index < -0.39 is 6.09 Å². The highest BCUT2D eigenvalue weighted by atomic mass is 32.1. The molecule has 0 aliphatic rings. The lowest BCUT2D eigenvalue weighted by Gasteiger charge is -2.06. The maximum Gasteiger partial charge on any atom is 0.411 e. The van der Waals surface area contributed by atoms with Crippen LogP contribution >= 0.6 is 11.3 Å². The highest BCUT2D eigenvalue weighted by Gasteiger charge is 2.06. The van der Waals surface area contributed by atoms with E-state index in [2.05, 4.69) is 15.4 Å². The van der Waals surface area contributed by atoms with Gasteiger partial charge in [-0.15, -0.1) is 11.3 Å². The lowest BCUT2D eigenvalue weighted by molar-refractivity contribution is -0.116. The molecule has 0 fully saturated rings. The van der Waals surface area contributed by atoms with Crippen molar-refractivity contribution in [2.75, 3.05) is 12.4 Å². The Balaban J connectivity index is 1.53. The number of amides is 2. The summed E-state index contributed by atoms with van der Waals surface area (Å²) in [6.45, 7) is 0.354. The van der Waals surface area contributed by atoms with Crippen molar-refractivity contribution in [3.05, 3.63) is 83.0 Å². The van der Waals surface area contributed by atoms with Crippen molar-refractivity contribution < 1.29 is 18.7 Å². The summed E-state index contributed by atoms with van der Waals surface area (Å²) in [5.74, 6) is -0.502. The first-order valence-corrected chi connectivity index (χ1v) is 9.61. The quantitative estimate of drug-likeness (QED) is 0.558. The molecule has 2 amide bonds. The van der Waals surface area contributed by atoms with E-state index in [0.717, 1.165) is 15.3 Å². The molecule has 3 aromatic rings. The molecule has 7 heteroatoms. The Morgan fingerprint density at radius 3 is 2.55 bits per heavy atom. The number of benzene rings is 2. The van der Waals surface area contributed by atoms with Crippen molar-refractivity contribution in [2.45, 2.75) is 6.54 Å². The van der Waals surface area contributed by atoms with E-state index in [4.69, 9.17) is 0 Å². The summed E-state index contributed by atoms with van der Waals surface area (Å²) in [5, 5.41) is 5.35. The Hall–Kier alpha value is -3.45. The van der Waals surface area contributed by atoms with Crippen LogP contribution in [0.3, 0.4) is 0 Å². The minimum Gasteiger partial charge on any atom is -0.453 e. The molecule has 0 aliphatic carbocycles. The summed E-state index contributed by atoms with van der Waals surface area (Å²) in [4.78, 5) is 24.9. The number of rotatable bonds is 6. The summed E-state index contributed by atoms with van der Waals surface area (Å²) in [7, 11) is 1.30. The van der Waals surface area contributed by atoms with Crippen molar-refractivity contribution >= 4 is 35.1 Å². The SMILES string of the molecule is COC(=O)Nc1ccc(CNC(=O)/C=C/c2ccc(-c3ccccc3F)s2)cc1. The topological polar surface area (TPSA) is 67.4 Å². The summed E-state index contributed by atoms with van der Waals surface area (Å²) in [5.41, 5.74) is 2.04. The van der Waals surface area contributed by atoms with Crippen molar-refractivity contribution in [1.29, 1.82) is 0 Å². The van der Waals surface area contributed by atoms with Crippen LogP contribution in [0.1, 0.15) is 10.4 Å². The van der Waals surface area contributed by atoms with E-state index >= 15 is 0 Å². The third-order valence-corrected chi connectivity index (χ3v) is 5.10. The number of halogens is 1. The van der Waals surface area contributed by atoms with Gasteiger partial charge in [-0.2, -0.15) is 0 Å². The van der Waals surface area contributed by atoms with Crippen LogP contribution in [0.15, 0.2) is 66.7 Å². The molecule has 3 rings (SSSR count). The molecule has 0 spiro atoms. The molecule has 0 atom stereocenters. The second kappa shape index (κ2) is 9.66. The zero-order valence-corrected chi connectivity index (χ0v) is 16.5. The number of thiophene rings is 1. The monoisotopic (exact) mass is 410 g/mol. The Morgan fingerprint density at radius 2 is 1.83 bits per heavy atom. The Kier molecular flexibility index (Phi) is 6.76. The lowest BCUT2D eigenvalue weighted by Crippen LogP contribution is -2.20. The van der Waals surface area contributed by atoms with Crippen molar-refractivity contribution in [3.8, 4) is 10.4 Å². The first-order chi connectivity index (χ1) is 14.0. The molecule has 0 saturated heterocycles. The van der Waals surface area contributed by atoms with Gasteiger partial charge in [0.15, 0.2) is 0 Å². The van der Waals surface area contributed by atoms with Gasteiger partial charge in [0.25, 0.3) is 0 Å². The molecule has 0 radical (unpaired) electrons. The number of hydrogen-bond acceptors (Lipinski definition) is 4. The average Bonchev–Trinajstić information content (AvgIpc) is 3.20. The molecule has 0 saturated carbocycles. The maximum atomic E-state index is 13.9. The number of carbonyl (C=O) groups excluding carboxylic acids is 2. The van der Waals surface area contributed by atoms with Crippen LogP contribution in [0.2, 0.25) is 0 Å². The highest BCUT2D eigenvalue weighted by molar-refractivity contribution is 7.16. The van der Waals surface area contributed by atoms with Crippen molar-refractivity contribution in [1.82, 2.24) is 5.32 Å². The smallest absolute Gasteiger partial charge is 0.411 e. The molecule has 148 valence electrons. The Morgan fingerprint density at radius 1 is 1.07 bits per heavy atom. The second-order valence-corrected chi connectivity index (χ2v) is 7.16. The van der Waals surface area contributed by atoms with Gasteiger partial charge in [-0.1, -0.05) is 30.3 Å². The van der Waals surface area contributed by atoms with E-state index in [1.807, 2.05) is 12.1 Å². The van der Waals surface area contributed by atoms with E-state index in [9.17, 15) is 14.0 Å². The minimum absolute atomic E-state index is 0.234. The van der Waals surface area contributed by atoms with Crippen LogP contribution in [0.25, 0.3) is 16.5 Å². The summed E-state index contributed by atoms with van der Waals surface area (Å²) in [6, 6.07) is 17.3. The van der Waals surface area contributed by atoms with E-state index in [1.165, 1.54) is 30.6 Å². The minimum atomic E-state index is -0.539. The fourth-order valence-corrected chi connectivity index (χ4v) is 3.47. The molecule has 5 nitrogen and oxygen atoms in total. The summed E-state index contributed by atoms with van der Waals surface area (Å²) in [6.07, 6.45) is 2.61. The first-order valence-electron chi connectivity index (χ1n) is 8.80. The maximum absolute atomic E-state index is 13.9. The zero-order valence-electron chi connectivity index (χ0n) is 15.6. The first kappa shape index (κ1) is 20.3. The number of ether oxygens (including phenoxy) is 1. The normalized spacial score (nSPS) is 10.7. The predicted octanol–water partition coefficient (Wildman–Crippen LogP) is 5.06. The molecular formula is C22H19FN2O3S. The van der Waals surface area contributed by atoms with Crippen LogP contribution in [-0.2, 0) is 16.1 Å². The van der Waals surface area contributed by atoms with Crippen LogP contribution in [0.4, 0.5) is 14.9 Å². The fraction of sp³-hybridized carbons (Fsp3) is 0.0909. The summed E-state index contributed by atoms with van der Waals surface area (Å²) < 4.78 is 18.4. The van der Waals surface area contributed by atoms with Gasteiger partial charge in [0.2, 0.25) is 5.91 Å². The molecule has 0 bridgehead atoms. The molecule has 1 aromatic heterocycles. The van der Waals surface area contributed by atoms with E-state index in [0.29, 0.717) is 17.8 Å². The number of hydrogen-bond donors (Lipinski definition) is 2. The standard InChI is InChI=1S/C22H19FN2O3S/c1-28-22(27)25-16-8-6-15(7-9-16)14-24-21(26)13-11-17-10-12-20(29-17)18-4-2-3-5-19(18)23/h2-13H,14H2,1H3,(H,24,26)(H,25,27)/b13-11+. The molecule has 0 aliphatic heterocycles. The number of anilines is 1. The number of carbonyl (C=O) groups is 2. The van der Waals surface area contributed by atoms with Gasteiger partial charge in [-0.05, 0) is 42.0 Å². The number of methoxy groups -OCH3 is 1. The van der Waals surface area contributed by atoms with Crippen LogP contribution in [0, 0.1) is 5.82 Å². The van der Waals surface area contributed by atoms with Crippen molar-refractivity contribution in [2.24, 2.45) is 0 Å². The largest absolute Gasteiger partial charge is 0.453 e. The number of nitrogens with one attached hydrogen (secondary N) is 2. The van der Waals surface area contributed by atoms with Gasteiger partial charge in [0, 0.05) is 33.6 Å². The van der Waals surface area contributed by atoms with Gasteiger partial charge < -0.3 is 10.1 Å². The third-order valence-electron chi connectivity index (χ3n) is 4.02. The van der Waals surface area contributed by atoms with Crippen LogP contribution < -0.4 is 10.6 Å². The molecule has 2 aromatic carbocycles. The second-order valence-electron chi connectivity index (χ2n) is 6.05. The lowest BCUT2D eigenvalue weighted by atomic mass is 10.2. The van der Waals surface area contributed by atoms with Gasteiger partial charge in [0.1, 0.15) is 5.82 Å². The van der Waals surface area contributed by atoms with Crippen molar-refractivity contribution in [3.63, 3.8) is 0 Å². The van der Waals surface area contributed by atoms with Gasteiger partial charge in [-0.3, -0.25) is 10.1 Å². The molecular weight excluding hydrogens is 391 g/mol. The van der Waals surface area contributed by atoms with Crippen LogP contribution in [-0.4, -0.2) is 19.1 Å². The third kappa shape index (κ3) is 5.76. The molecule has 1 heterocycles. The fourth-order valence-electron chi connectivity index (χ4n) is 2.53. The summed E-state index contributed by atoms with van der Waals surface area (Å²) >= 11 is 1.41. The highest BCUT2D eigenvalue weighted by Crippen LogP contribution is 2.30. The molecule has 2 N–H and O–H groups in total. The van der Waals surface area contributed by atoms with Gasteiger partial charge in [-0.25, -0.2) is 9.18 Å². The van der Waals surface area contributed by atoms with Gasteiger partial charge in [0.05, 0.1) is 7.11 Å². The average molecular weight is 410 g/mol. The van der Waals surface area contributed by atoms with E-state index in [1.54, 1.807) is 48.5 Å². The molecule has 0 unspecified atom stereocenters.